The largest absolute Gasteiger partial charge is 0.444 e. The Kier molecular flexibility index (Phi) is 6.07. The lowest BCUT2D eigenvalue weighted by molar-refractivity contribution is 0.0168. The van der Waals surface area contributed by atoms with Crippen LogP contribution in [0.1, 0.15) is 79.2 Å². The minimum absolute atomic E-state index is 0.0421. The van der Waals surface area contributed by atoms with Crippen molar-refractivity contribution in [1.29, 1.82) is 0 Å². The Morgan fingerprint density at radius 3 is 2.67 bits per heavy atom. The van der Waals surface area contributed by atoms with Gasteiger partial charge in [0.05, 0.1) is 11.7 Å². The Hall–Kier alpha value is -3.10. The summed E-state index contributed by atoms with van der Waals surface area (Å²) in [6, 6.07) is 4.64. The molecule has 33 heavy (non-hydrogen) atoms. The van der Waals surface area contributed by atoms with Gasteiger partial charge >= 0.3 is 6.09 Å². The molecule has 2 unspecified atom stereocenters. The van der Waals surface area contributed by atoms with Crippen LogP contribution in [-0.4, -0.2) is 45.4 Å². The van der Waals surface area contributed by atoms with Gasteiger partial charge in [-0.2, -0.15) is 5.10 Å². The number of amides is 2. The number of carbonyl (C=O) groups is 2. The van der Waals surface area contributed by atoms with E-state index in [1.807, 2.05) is 20.8 Å². The molecule has 8 nitrogen and oxygen atoms in total. The van der Waals surface area contributed by atoms with Crippen LogP contribution in [0.2, 0.25) is 0 Å². The van der Waals surface area contributed by atoms with Crippen LogP contribution in [0.15, 0.2) is 18.2 Å². The van der Waals surface area contributed by atoms with Crippen molar-refractivity contribution in [3.8, 4) is 0 Å². The van der Waals surface area contributed by atoms with Gasteiger partial charge in [0.25, 0.3) is 5.91 Å². The van der Waals surface area contributed by atoms with E-state index in [-0.39, 0.29) is 35.3 Å². The molecule has 2 atom stereocenters. The summed E-state index contributed by atoms with van der Waals surface area (Å²) in [7, 11) is 0. The quantitative estimate of drug-likeness (QED) is 0.731. The van der Waals surface area contributed by atoms with Crippen LogP contribution in [0.25, 0.3) is 0 Å². The number of fused-ring (bicyclic) bond motifs is 1. The number of benzene rings is 1. The SMILES string of the molecule is CC(C)(C)OC(=O)N1CCCC(n2nc(C3CCc4cc(F)ccc4C3)c(C(N)=O)c2N)C1. The van der Waals surface area contributed by atoms with E-state index in [9.17, 15) is 14.0 Å². The number of hydrogen-bond acceptors (Lipinski definition) is 5. The van der Waals surface area contributed by atoms with Crippen LogP contribution in [0.3, 0.4) is 0 Å². The molecule has 9 heteroatoms. The van der Waals surface area contributed by atoms with Crippen LogP contribution in [0, 0.1) is 5.82 Å². The third-order valence-corrected chi connectivity index (χ3v) is 6.40. The van der Waals surface area contributed by atoms with Gasteiger partial charge in [0.15, 0.2) is 0 Å². The highest BCUT2D eigenvalue weighted by atomic mass is 19.1. The molecule has 4 rings (SSSR count). The van der Waals surface area contributed by atoms with E-state index >= 15 is 0 Å². The maximum Gasteiger partial charge on any atom is 0.410 e. The molecule has 178 valence electrons. The number of anilines is 1. The second-order valence-electron chi connectivity index (χ2n) is 10.0. The smallest absolute Gasteiger partial charge is 0.410 e. The highest BCUT2D eigenvalue weighted by Crippen LogP contribution is 2.37. The highest BCUT2D eigenvalue weighted by Gasteiger charge is 2.34. The van der Waals surface area contributed by atoms with Gasteiger partial charge in [0.2, 0.25) is 0 Å². The molecule has 0 radical (unpaired) electrons. The van der Waals surface area contributed by atoms with Crippen molar-refractivity contribution in [3.63, 3.8) is 0 Å². The molecule has 1 saturated heterocycles. The van der Waals surface area contributed by atoms with Crippen LogP contribution in [0.5, 0.6) is 0 Å². The molecule has 2 aliphatic rings. The number of ether oxygens (including phenoxy) is 1. The number of likely N-dealkylation sites (tertiary alicyclic amines) is 1. The van der Waals surface area contributed by atoms with E-state index in [0.717, 1.165) is 30.4 Å². The number of primary amides is 1. The van der Waals surface area contributed by atoms with E-state index in [4.69, 9.17) is 21.3 Å². The number of aromatic nitrogens is 2. The van der Waals surface area contributed by atoms with Gasteiger partial charge in [-0.1, -0.05) is 6.07 Å². The number of nitrogens with two attached hydrogens (primary N) is 2. The summed E-state index contributed by atoms with van der Waals surface area (Å²) >= 11 is 0. The number of hydrogen-bond donors (Lipinski definition) is 2. The predicted octanol–water partition coefficient (Wildman–Crippen LogP) is 3.55. The molecule has 1 aromatic heterocycles. The van der Waals surface area contributed by atoms with E-state index in [2.05, 4.69) is 0 Å². The normalized spacial score (nSPS) is 20.9. The van der Waals surface area contributed by atoms with Gasteiger partial charge in [-0.25, -0.2) is 13.9 Å². The van der Waals surface area contributed by atoms with Crippen molar-refractivity contribution in [2.75, 3.05) is 18.8 Å². The first-order valence-electron chi connectivity index (χ1n) is 11.5. The molecule has 1 aliphatic heterocycles. The number of aryl methyl sites for hydroxylation is 1. The second-order valence-corrected chi connectivity index (χ2v) is 10.0. The van der Waals surface area contributed by atoms with Gasteiger partial charge in [-0.3, -0.25) is 4.79 Å². The third-order valence-electron chi connectivity index (χ3n) is 6.40. The van der Waals surface area contributed by atoms with E-state index < -0.39 is 11.5 Å². The molecule has 2 amide bonds. The first kappa shape index (κ1) is 23.1. The average Bonchev–Trinajstić information content (AvgIpc) is 3.09. The van der Waals surface area contributed by atoms with E-state index in [1.165, 1.54) is 6.07 Å². The molecule has 1 fully saturated rings. The summed E-state index contributed by atoms with van der Waals surface area (Å²) in [4.78, 5) is 26.6. The fraction of sp³-hybridized carbons (Fsp3) is 0.542. The first-order valence-corrected chi connectivity index (χ1v) is 11.5. The highest BCUT2D eigenvalue weighted by molar-refractivity contribution is 5.98. The minimum atomic E-state index is -0.613. The van der Waals surface area contributed by atoms with Gasteiger partial charge in [-0.15, -0.1) is 0 Å². The maximum atomic E-state index is 13.6. The monoisotopic (exact) mass is 457 g/mol. The summed E-state index contributed by atoms with van der Waals surface area (Å²) in [6.07, 6.45) is 3.23. The summed E-state index contributed by atoms with van der Waals surface area (Å²) in [6.45, 7) is 6.49. The molecule has 1 aromatic carbocycles. The number of rotatable bonds is 3. The molecular weight excluding hydrogens is 425 g/mol. The van der Waals surface area contributed by atoms with Crippen LogP contribution < -0.4 is 11.5 Å². The zero-order chi connectivity index (χ0) is 23.9. The van der Waals surface area contributed by atoms with Crippen molar-refractivity contribution in [3.05, 3.63) is 46.4 Å². The Morgan fingerprint density at radius 1 is 1.21 bits per heavy atom. The number of carbonyl (C=O) groups excluding carboxylic acids is 2. The Morgan fingerprint density at radius 2 is 1.97 bits per heavy atom. The van der Waals surface area contributed by atoms with Crippen molar-refractivity contribution < 1.29 is 18.7 Å². The van der Waals surface area contributed by atoms with Crippen molar-refractivity contribution in [2.45, 2.75) is 70.4 Å². The Balaban J connectivity index is 1.60. The van der Waals surface area contributed by atoms with E-state index in [0.29, 0.717) is 31.6 Å². The van der Waals surface area contributed by atoms with Gasteiger partial charge < -0.3 is 21.1 Å². The van der Waals surface area contributed by atoms with Crippen molar-refractivity contribution in [1.82, 2.24) is 14.7 Å². The molecular formula is C24H32FN5O3. The first-order chi connectivity index (χ1) is 15.5. The molecule has 2 aromatic rings. The second kappa shape index (κ2) is 8.68. The minimum Gasteiger partial charge on any atom is -0.444 e. The molecule has 1 aliphatic carbocycles. The van der Waals surface area contributed by atoms with Gasteiger partial charge in [0, 0.05) is 19.0 Å². The number of nitrogens with zero attached hydrogens (tertiary/aromatic N) is 3. The van der Waals surface area contributed by atoms with Crippen molar-refractivity contribution >= 4 is 17.8 Å². The maximum absolute atomic E-state index is 13.6. The Labute approximate surface area is 193 Å². The molecule has 0 bridgehead atoms. The molecule has 2 heterocycles. The number of piperidine rings is 1. The number of halogens is 1. The van der Waals surface area contributed by atoms with Gasteiger partial charge in [0.1, 0.15) is 22.8 Å². The Bertz CT molecular complexity index is 1070. The lowest BCUT2D eigenvalue weighted by atomic mass is 9.81. The lowest BCUT2D eigenvalue weighted by Crippen LogP contribution is -2.43. The van der Waals surface area contributed by atoms with Gasteiger partial charge in [-0.05, 0) is 76.1 Å². The molecule has 4 N–H and O–H groups in total. The summed E-state index contributed by atoms with van der Waals surface area (Å²) < 4.78 is 20.8. The fourth-order valence-corrected chi connectivity index (χ4v) is 4.89. The summed E-state index contributed by atoms with van der Waals surface area (Å²) in [5.74, 6) is -0.665. The topological polar surface area (TPSA) is 116 Å². The standard InChI is InChI=1S/C24H32FN5O3/c1-24(2,3)33-23(32)29-10-4-5-18(13-29)30-21(26)19(22(27)31)20(28-30)16-7-6-15-12-17(25)9-8-14(15)11-16/h8-9,12,16,18H,4-7,10-11,13,26H2,1-3H3,(H2,27,31). The van der Waals surface area contributed by atoms with E-state index in [1.54, 1.807) is 21.7 Å². The number of nitrogen functional groups attached to an aromatic ring is 1. The molecule has 0 spiro atoms. The predicted molar refractivity (Wildman–Crippen MR) is 122 cm³/mol. The summed E-state index contributed by atoms with van der Waals surface area (Å²) in [5.41, 5.74) is 14.4. The third kappa shape index (κ3) is 4.82. The lowest BCUT2D eigenvalue weighted by Gasteiger charge is -2.34. The zero-order valence-electron chi connectivity index (χ0n) is 19.4. The zero-order valence-corrected chi connectivity index (χ0v) is 19.4. The summed E-state index contributed by atoms with van der Waals surface area (Å²) in [5, 5.41) is 4.78. The fourth-order valence-electron chi connectivity index (χ4n) is 4.89. The van der Waals surface area contributed by atoms with Crippen molar-refractivity contribution in [2.24, 2.45) is 5.73 Å². The molecule has 0 saturated carbocycles. The van der Waals surface area contributed by atoms with Crippen LogP contribution in [0.4, 0.5) is 15.0 Å². The van der Waals surface area contributed by atoms with Crippen LogP contribution >= 0.6 is 0 Å². The van der Waals surface area contributed by atoms with Crippen LogP contribution in [-0.2, 0) is 17.6 Å². The average molecular weight is 458 g/mol.